The normalized spacial score (nSPS) is 14.8. The van der Waals surface area contributed by atoms with Crippen LogP contribution in [0.3, 0.4) is 0 Å². The van der Waals surface area contributed by atoms with Gasteiger partial charge in [0.2, 0.25) is 0 Å². The van der Waals surface area contributed by atoms with E-state index in [1.54, 1.807) is 24.3 Å². The number of imide groups is 1. The van der Waals surface area contributed by atoms with E-state index in [1.165, 1.54) is 25.3 Å². The zero-order chi connectivity index (χ0) is 23.3. The first kappa shape index (κ1) is 24.0. The van der Waals surface area contributed by atoms with Gasteiger partial charge in [-0.05, 0) is 60.7 Å². The topological polar surface area (TPSA) is 84.9 Å². The fourth-order valence-electron chi connectivity index (χ4n) is 2.96. The SMILES string of the molecule is CCOc1ccc(/C=C2\SC(=O)N(CCNC(=O)c3cc(Cl)cc(Cl)c3)C2=O)cc1OC. The van der Waals surface area contributed by atoms with Gasteiger partial charge >= 0.3 is 0 Å². The summed E-state index contributed by atoms with van der Waals surface area (Å²) in [5.74, 6) is 0.298. The molecule has 0 bridgehead atoms. The first-order valence-corrected chi connectivity index (χ1v) is 11.2. The van der Waals surface area contributed by atoms with Crippen LogP contribution in [0.15, 0.2) is 41.3 Å². The van der Waals surface area contributed by atoms with Crippen molar-refractivity contribution < 1.29 is 23.9 Å². The molecule has 0 unspecified atom stereocenters. The highest BCUT2D eigenvalue weighted by Crippen LogP contribution is 2.34. The van der Waals surface area contributed by atoms with Gasteiger partial charge in [0.1, 0.15) is 0 Å². The second-order valence-corrected chi connectivity index (χ2v) is 8.46. The maximum Gasteiger partial charge on any atom is 0.293 e. The number of hydrogen-bond acceptors (Lipinski definition) is 6. The molecule has 0 radical (unpaired) electrons. The van der Waals surface area contributed by atoms with Crippen molar-refractivity contribution in [3.8, 4) is 11.5 Å². The highest BCUT2D eigenvalue weighted by molar-refractivity contribution is 8.18. The number of amides is 3. The third kappa shape index (κ3) is 5.76. The highest BCUT2D eigenvalue weighted by atomic mass is 35.5. The first-order chi connectivity index (χ1) is 15.3. The Kier molecular flexibility index (Phi) is 8.06. The van der Waals surface area contributed by atoms with E-state index in [1.807, 2.05) is 6.92 Å². The summed E-state index contributed by atoms with van der Waals surface area (Å²) in [7, 11) is 1.53. The summed E-state index contributed by atoms with van der Waals surface area (Å²) in [4.78, 5) is 38.7. The van der Waals surface area contributed by atoms with Crippen LogP contribution in [0, 0.1) is 0 Å². The number of methoxy groups -OCH3 is 1. The van der Waals surface area contributed by atoms with E-state index in [0.29, 0.717) is 39.3 Å². The molecule has 1 saturated heterocycles. The summed E-state index contributed by atoms with van der Waals surface area (Å²) < 4.78 is 10.8. The van der Waals surface area contributed by atoms with Gasteiger partial charge in [-0.1, -0.05) is 29.3 Å². The Morgan fingerprint density at radius 3 is 2.50 bits per heavy atom. The summed E-state index contributed by atoms with van der Waals surface area (Å²) in [5.41, 5.74) is 0.989. The number of rotatable bonds is 8. The number of thioether (sulfide) groups is 1. The average Bonchev–Trinajstić information content (AvgIpc) is 3.01. The van der Waals surface area contributed by atoms with Crippen LogP contribution in [0.5, 0.6) is 11.5 Å². The molecule has 1 fully saturated rings. The van der Waals surface area contributed by atoms with Gasteiger partial charge in [0.25, 0.3) is 17.1 Å². The van der Waals surface area contributed by atoms with E-state index in [9.17, 15) is 14.4 Å². The van der Waals surface area contributed by atoms with Gasteiger partial charge in [-0.2, -0.15) is 0 Å². The van der Waals surface area contributed by atoms with Crippen LogP contribution in [-0.2, 0) is 4.79 Å². The molecule has 10 heteroatoms. The quantitative estimate of drug-likeness (QED) is 0.527. The van der Waals surface area contributed by atoms with E-state index < -0.39 is 17.1 Å². The van der Waals surface area contributed by atoms with Gasteiger partial charge in [-0.15, -0.1) is 0 Å². The number of carbonyl (C=O) groups excluding carboxylic acids is 3. The lowest BCUT2D eigenvalue weighted by Gasteiger charge is -2.13. The van der Waals surface area contributed by atoms with Crippen LogP contribution in [0.4, 0.5) is 4.79 Å². The fourth-order valence-corrected chi connectivity index (χ4v) is 4.35. The third-order valence-electron chi connectivity index (χ3n) is 4.40. The largest absolute Gasteiger partial charge is 0.493 e. The van der Waals surface area contributed by atoms with Crippen molar-refractivity contribution in [1.82, 2.24) is 10.2 Å². The minimum Gasteiger partial charge on any atom is -0.493 e. The molecule has 0 spiro atoms. The molecule has 3 rings (SSSR count). The Labute approximate surface area is 199 Å². The number of carbonyl (C=O) groups is 3. The molecule has 32 heavy (non-hydrogen) atoms. The lowest BCUT2D eigenvalue weighted by molar-refractivity contribution is -0.122. The maximum absolute atomic E-state index is 12.7. The Morgan fingerprint density at radius 2 is 1.84 bits per heavy atom. The van der Waals surface area contributed by atoms with Crippen molar-refractivity contribution >= 4 is 58.1 Å². The predicted molar refractivity (Wildman–Crippen MR) is 126 cm³/mol. The van der Waals surface area contributed by atoms with Gasteiger partial charge in [0.15, 0.2) is 11.5 Å². The molecule has 3 amide bonds. The highest BCUT2D eigenvalue weighted by Gasteiger charge is 2.34. The Hall–Kier alpha value is -2.68. The lowest BCUT2D eigenvalue weighted by Crippen LogP contribution is -2.37. The Bertz CT molecular complexity index is 1070. The maximum atomic E-state index is 12.7. The predicted octanol–water partition coefficient (Wildman–Crippen LogP) is 4.87. The van der Waals surface area contributed by atoms with E-state index in [2.05, 4.69) is 5.32 Å². The fraction of sp³-hybridized carbons (Fsp3) is 0.227. The van der Waals surface area contributed by atoms with Crippen molar-refractivity contribution in [2.24, 2.45) is 0 Å². The van der Waals surface area contributed by atoms with Gasteiger partial charge in [-0.25, -0.2) is 0 Å². The minimum atomic E-state index is -0.423. The molecule has 2 aromatic carbocycles. The molecule has 1 aliphatic rings. The number of nitrogens with zero attached hydrogens (tertiary/aromatic N) is 1. The van der Waals surface area contributed by atoms with E-state index >= 15 is 0 Å². The molecule has 1 N–H and O–H groups in total. The average molecular weight is 495 g/mol. The van der Waals surface area contributed by atoms with Crippen LogP contribution in [-0.4, -0.2) is 48.8 Å². The van der Waals surface area contributed by atoms with E-state index in [4.69, 9.17) is 32.7 Å². The molecule has 1 heterocycles. The number of halogens is 2. The van der Waals surface area contributed by atoms with Gasteiger partial charge in [-0.3, -0.25) is 19.3 Å². The molecule has 168 valence electrons. The lowest BCUT2D eigenvalue weighted by atomic mass is 10.2. The molecule has 1 aliphatic heterocycles. The summed E-state index contributed by atoms with van der Waals surface area (Å²) in [6.07, 6.45) is 1.62. The number of nitrogens with one attached hydrogen (secondary N) is 1. The Balaban J connectivity index is 1.64. The number of hydrogen-bond donors (Lipinski definition) is 1. The van der Waals surface area contributed by atoms with Crippen molar-refractivity contribution in [3.05, 3.63) is 62.5 Å². The van der Waals surface area contributed by atoms with Crippen molar-refractivity contribution in [2.75, 3.05) is 26.8 Å². The van der Waals surface area contributed by atoms with E-state index in [0.717, 1.165) is 16.7 Å². The summed E-state index contributed by atoms with van der Waals surface area (Å²) >= 11 is 12.7. The number of ether oxygens (including phenoxy) is 2. The van der Waals surface area contributed by atoms with Crippen molar-refractivity contribution in [2.45, 2.75) is 6.92 Å². The third-order valence-corrected chi connectivity index (χ3v) is 5.75. The zero-order valence-electron chi connectivity index (χ0n) is 17.3. The molecule has 0 aromatic heterocycles. The molecule has 7 nitrogen and oxygen atoms in total. The molecular weight excluding hydrogens is 475 g/mol. The second kappa shape index (κ2) is 10.8. The van der Waals surface area contributed by atoms with E-state index in [-0.39, 0.29) is 18.0 Å². The van der Waals surface area contributed by atoms with Crippen LogP contribution in [0.2, 0.25) is 10.0 Å². The molecule has 0 saturated carbocycles. The first-order valence-electron chi connectivity index (χ1n) is 9.63. The summed E-state index contributed by atoms with van der Waals surface area (Å²) in [6, 6.07) is 9.74. The van der Waals surface area contributed by atoms with Crippen LogP contribution < -0.4 is 14.8 Å². The minimum absolute atomic E-state index is 0.0364. The van der Waals surface area contributed by atoms with Crippen LogP contribution >= 0.6 is 35.0 Å². The monoisotopic (exact) mass is 494 g/mol. The molecule has 0 aliphatic carbocycles. The molecule has 0 atom stereocenters. The van der Waals surface area contributed by atoms with Gasteiger partial charge in [0.05, 0.1) is 18.6 Å². The Morgan fingerprint density at radius 1 is 1.12 bits per heavy atom. The summed E-state index contributed by atoms with van der Waals surface area (Å²) in [6.45, 7) is 2.49. The van der Waals surface area contributed by atoms with Gasteiger partial charge in [0, 0.05) is 28.7 Å². The van der Waals surface area contributed by atoms with Crippen molar-refractivity contribution in [1.29, 1.82) is 0 Å². The molecular formula is C22H20Cl2N2O5S. The van der Waals surface area contributed by atoms with Crippen molar-refractivity contribution in [3.63, 3.8) is 0 Å². The van der Waals surface area contributed by atoms with Gasteiger partial charge < -0.3 is 14.8 Å². The smallest absolute Gasteiger partial charge is 0.293 e. The summed E-state index contributed by atoms with van der Waals surface area (Å²) in [5, 5.41) is 2.93. The van der Waals surface area contributed by atoms with Crippen LogP contribution in [0.1, 0.15) is 22.8 Å². The number of benzene rings is 2. The zero-order valence-corrected chi connectivity index (χ0v) is 19.6. The standard InChI is InChI=1S/C22H20Cl2N2O5S/c1-3-31-17-5-4-13(8-18(17)30-2)9-19-21(28)26(22(29)32-19)7-6-25-20(27)14-10-15(23)12-16(24)11-14/h4-5,8-12H,3,6-7H2,1-2H3,(H,25,27)/b19-9-. The molecule has 2 aromatic rings. The second-order valence-electron chi connectivity index (χ2n) is 6.59. The van der Waals surface area contributed by atoms with Crippen LogP contribution in [0.25, 0.3) is 6.08 Å².